The second kappa shape index (κ2) is 6.19. The van der Waals surface area contributed by atoms with Gasteiger partial charge < -0.3 is 14.8 Å². The standard InChI is InChI=1S/C18H21NO2/c1-13(16-8-4-6-10-18(16)20-2)19-12-15-11-14-7-3-5-9-17(14)21-15/h3-10,13,15,19H,11-12H2,1-2H3. The van der Waals surface area contributed by atoms with Crippen molar-refractivity contribution in [2.24, 2.45) is 0 Å². The maximum Gasteiger partial charge on any atom is 0.123 e. The Labute approximate surface area is 125 Å². The molecule has 1 N–H and O–H groups in total. The maximum atomic E-state index is 5.96. The summed E-state index contributed by atoms with van der Waals surface area (Å²) in [5.41, 5.74) is 2.48. The lowest BCUT2D eigenvalue weighted by molar-refractivity contribution is 0.222. The minimum atomic E-state index is 0.208. The monoisotopic (exact) mass is 283 g/mol. The Bertz CT molecular complexity index is 587. The second-order valence-electron chi connectivity index (χ2n) is 5.42. The Kier molecular flexibility index (Phi) is 4.11. The molecule has 0 spiro atoms. The van der Waals surface area contributed by atoms with Crippen LogP contribution >= 0.6 is 0 Å². The van der Waals surface area contributed by atoms with E-state index in [0.717, 1.165) is 24.5 Å². The fourth-order valence-electron chi connectivity index (χ4n) is 2.81. The molecule has 0 aliphatic carbocycles. The van der Waals surface area contributed by atoms with Gasteiger partial charge in [-0.3, -0.25) is 0 Å². The lowest BCUT2D eigenvalue weighted by Gasteiger charge is -2.19. The van der Waals surface area contributed by atoms with E-state index in [-0.39, 0.29) is 12.1 Å². The van der Waals surface area contributed by atoms with Gasteiger partial charge >= 0.3 is 0 Å². The van der Waals surface area contributed by atoms with E-state index >= 15 is 0 Å². The number of fused-ring (bicyclic) bond motifs is 1. The number of benzene rings is 2. The fourth-order valence-corrected chi connectivity index (χ4v) is 2.81. The number of methoxy groups -OCH3 is 1. The van der Waals surface area contributed by atoms with E-state index in [1.54, 1.807) is 7.11 Å². The van der Waals surface area contributed by atoms with Crippen molar-refractivity contribution in [3.63, 3.8) is 0 Å². The summed E-state index contributed by atoms with van der Waals surface area (Å²) in [5, 5.41) is 3.55. The third kappa shape index (κ3) is 3.03. The summed E-state index contributed by atoms with van der Waals surface area (Å²) in [6, 6.07) is 16.6. The molecule has 110 valence electrons. The highest BCUT2D eigenvalue weighted by Gasteiger charge is 2.22. The molecule has 0 fully saturated rings. The first kappa shape index (κ1) is 14.0. The highest BCUT2D eigenvalue weighted by Crippen LogP contribution is 2.29. The number of hydrogen-bond donors (Lipinski definition) is 1. The molecule has 2 unspecified atom stereocenters. The minimum Gasteiger partial charge on any atom is -0.496 e. The van der Waals surface area contributed by atoms with Crippen molar-refractivity contribution in [2.45, 2.75) is 25.5 Å². The van der Waals surface area contributed by atoms with Crippen LogP contribution in [0.5, 0.6) is 11.5 Å². The van der Waals surface area contributed by atoms with Crippen LogP contribution in [0.15, 0.2) is 48.5 Å². The Balaban J connectivity index is 1.59. The summed E-state index contributed by atoms with van der Waals surface area (Å²) in [6.07, 6.45) is 1.18. The number of hydrogen-bond acceptors (Lipinski definition) is 3. The third-order valence-corrected chi connectivity index (χ3v) is 3.97. The van der Waals surface area contributed by atoms with Crippen molar-refractivity contribution in [3.8, 4) is 11.5 Å². The SMILES string of the molecule is COc1ccccc1C(C)NCC1Cc2ccccc2O1. The summed E-state index contributed by atoms with van der Waals surface area (Å²) >= 11 is 0. The molecule has 2 atom stereocenters. The molecule has 3 heteroatoms. The Morgan fingerprint density at radius 2 is 1.95 bits per heavy atom. The van der Waals surface area contributed by atoms with Gasteiger partial charge in [0.15, 0.2) is 0 Å². The first-order chi connectivity index (χ1) is 10.3. The minimum absolute atomic E-state index is 0.208. The second-order valence-corrected chi connectivity index (χ2v) is 5.42. The van der Waals surface area contributed by atoms with Crippen molar-refractivity contribution in [2.75, 3.05) is 13.7 Å². The molecule has 21 heavy (non-hydrogen) atoms. The van der Waals surface area contributed by atoms with E-state index in [1.165, 1.54) is 11.1 Å². The summed E-state index contributed by atoms with van der Waals surface area (Å²) in [6.45, 7) is 2.98. The van der Waals surface area contributed by atoms with E-state index in [0.29, 0.717) is 0 Å². The zero-order valence-electron chi connectivity index (χ0n) is 12.5. The molecule has 0 amide bonds. The number of rotatable bonds is 5. The van der Waals surface area contributed by atoms with Gasteiger partial charge in [0.1, 0.15) is 17.6 Å². The van der Waals surface area contributed by atoms with Gasteiger partial charge in [0.05, 0.1) is 7.11 Å². The average molecular weight is 283 g/mol. The Morgan fingerprint density at radius 3 is 2.76 bits per heavy atom. The van der Waals surface area contributed by atoms with Gasteiger partial charge in [0.25, 0.3) is 0 Å². The average Bonchev–Trinajstić information content (AvgIpc) is 2.95. The Morgan fingerprint density at radius 1 is 1.19 bits per heavy atom. The highest BCUT2D eigenvalue weighted by atomic mass is 16.5. The fraction of sp³-hybridized carbons (Fsp3) is 0.333. The molecule has 3 nitrogen and oxygen atoms in total. The summed E-state index contributed by atoms with van der Waals surface area (Å²) in [7, 11) is 1.71. The molecule has 0 saturated carbocycles. The molecule has 1 aliphatic heterocycles. The first-order valence-corrected chi connectivity index (χ1v) is 7.39. The van der Waals surface area contributed by atoms with Gasteiger partial charge in [-0.25, -0.2) is 0 Å². The number of ether oxygens (including phenoxy) is 2. The van der Waals surface area contributed by atoms with Crippen molar-refractivity contribution in [1.29, 1.82) is 0 Å². The molecular formula is C18H21NO2. The molecule has 2 aromatic carbocycles. The van der Waals surface area contributed by atoms with Crippen molar-refractivity contribution in [1.82, 2.24) is 5.32 Å². The van der Waals surface area contributed by atoms with E-state index in [4.69, 9.17) is 9.47 Å². The predicted molar refractivity (Wildman–Crippen MR) is 84.0 cm³/mol. The van der Waals surface area contributed by atoms with Gasteiger partial charge in [-0.1, -0.05) is 36.4 Å². The topological polar surface area (TPSA) is 30.5 Å². The molecule has 2 aromatic rings. The van der Waals surface area contributed by atoms with Crippen LogP contribution < -0.4 is 14.8 Å². The molecule has 1 aliphatic rings. The van der Waals surface area contributed by atoms with E-state index < -0.39 is 0 Å². The van der Waals surface area contributed by atoms with Crippen LogP contribution in [0.3, 0.4) is 0 Å². The number of nitrogens with one attached hydrogen (secondary N) is 1. The van der Waals surface area contributed by atoms with Crippen LogP contribution in [-0.4, -0.2) is 19.8 Å². The maximum absolute atomic E-state index is 5.96. The lowest BCUT2D eigenvalue weighted by atomic mass is 10.1. The van der Waals surface area contributed by atoms with Crippen molar-refractivity contribution < 1.29 is 9.47 Å². The van der Waals surface area contributed by atoms with Crippen LogP contribution in [0.1, 0.15) is 24.1 Å². The summed E-state index contributed by atoms with van der Waals surface area (Å²) < 4.78 is 11.4. The van der Waals surface area contributed by atoms with Crippen LogP contribution in [0.25, 0.3) is 0 Å². The summed E-state index contributed by atoms with van der Waals surface area (Å²) in [5.74, 6) is 1.95. The van der Waals surface area contributed by atoms with Crippen molar-refractivity contribution in [3.05, 3.63) is 59.7 Å². The largest absolute Gasteiger partial charge is 0.496 e. The van der Waals surface area contributed by atoms with Gasteiger partial charge in [-0.15, -0.1) is 0 Å². The van der Waals surface area contributed by atoms with Gasteiger partial charge in [-0.2, -0.15) is 0 Å². The first-order valence-electron chi connectivity index (χ1n) is 7.39. The number of para-hydroxylation sites is 2. The van der Waals surface area contributed by atoms with Crippen LogP contribution in [0.4, 0.5) is 0 Å². The molecule has 1 heterocycles. The molecule has 0 radical (unpaired) electrons. The lowest BCUT2D eigenvalue weighted by Crippen LogP contribution is -2.32. The predicted octanol–water partition coefficient (Wildman–Crippen LogP) is 3.35. The van der Waals surface area contributed by atoms with Crippen LogP contribution in [0.2, 0.25) is 0 Å². The molecule has 0 bridgehead atoms. The smallest absolute Gasteiger partial charge is 0.123 e. The van der Waals surface area contributed by atoms with E-state index in [1.807, 2.05) is 30.3 Å². The van der Waals surface area contributed by atoms with Crippen LogP contribution in [0, 0.1) is 0 Å². The summed E-state index contributed by atoms with van der Waals surface area (Å²) in [4.78, 5) is 0. The van der Waals surface area contributed by atoms with Gasteiger partial charge in [-0.05, 0) is 24.6 Å². The third-order valence-electron chi connectivity index (χ3n) is 3.97. The van der Waals surface area contributed by atoms with Gasteiger partial charge in [0, 0.05) is 24.6 Å². The molecular weight excluding hydrogens is 262 g/mol. The van der Waals surface area contributed by atoms with E-state index in [9.17, 15) is 0 Å². The Hall–Kier alpha value is -2.00. The molecule has 0 aromatic heterocycles. The van der Waals surface area contributed by atoms with Crippen LogP contribution in [-0.2, 0) is 6.42 Å². The van der Waals surface area contributed by atoms with E-state index in [2.05, 4.69) is 30.4 Å². The normalized spacial score (nSPS) is 17.9. The van der Waals surface area contributed by atoms with Crippen molar-refractivity contribution >= 4 is 0 Å². The molecule has 3 rings (SSSR count). The quantitative estimate of drug-likeness (QED) is 0.913. The zero-order chi connectivity index (χ0) is 14.7. The molecule has 0 saturated heterocycles. The highest BCUT2D eigenvalue weighted by molar-refractivity contribution is 5.38. The zero-order valence-corrected chi connectivity index (χ0v) is 12.5. The van der Waals surface area contributed by atoms with Gasteiger partial charge in [0.2, 0.25) is 0 Å².